The quantitative estimate of drug-likeness (QED) is 0.343. The molecular formula is C25H34N4O5. The molecule has 1 atom stereocenters. The van der Waals surface area contributed by atoms with Crippen molar-refractivity contribution < 1.29 is 24.2 Å². The minimum atomic E-state index is -0.650. The molecule has 2 amide bonds. The minimum Gasteiger partial charge on any atom is -0.445 e. The maximum atomic E-state index is 12.4. The monoisotopic (exact) mass is 470 g/mol. The summed E-state index contributed by atoms with van der Waals surface area (Å²) in [6, 6.07) is 12.2. The van der Waals surface area contributed by atoms with Crippen LogP contribution in [0.15, 0.2) is 47.5 Å². The van der Waals surface area contributed by atoms with Crippen molar-refractivity contribution in [2.75, 3.05) is 12.4 Å². The van der Waals surface area contributed by atoms with E-state index in [9.17, 15) is 14.7 Å². The van der Waals surface area contributed by atoms with E-state index in [2.05, 4.69) is 15.6 Å². The van der Waals surface area contributed by atoms with Gasteiger partial charge in [-0.1, -0.05) is 36.4 Å². The summed E-state index contributed by atoms with van der Waals surface area (Å²) in [5.41, 5.74) is 8.87. The Hall–Kier alpha value is -3.59. The molecule has 0 heterocycles. The number of amidine groups is 1. The van der Waals surface area contributed by atoms with Crippen molar-refractivity contribution in [1.82, 2.24) is 5.32 Å². The third-order valence-corrected chi connectivity index (χ3v) is 4.90. The molecule has 0 bridgehead atoms. The molecular weight excluding hydrogens is 436 g/mol. The number of hydrogen-bond acceptors (Lipinski definition) is 6. The Kier molecular flexibility index (Phi) is 9.44. The van der Waals surface area contributed by atoms with E-state index in [4.69, 9.17) is 15.2 Å². The van der Waals surface area contributed by atoms with E-state index in [1.165, 1.54) is 7.05 Å². The number of nitrogens with one attached hydrogen (secondary N) is 2. The number of carbonyl (C=O) groups excluding carboxylic acids is 2. The van der Waals surface area contributed by atoms with Gasteiger partial charge in [-0.2, -0.15) is 0 Å². The van der Waals surface area contributed by atoms with Crippen molar-refractivity contribution in [2.24, 2.45) is 10.7 Å². The van der Waals surface area contributed by atoms with Gasteiger partial charge in [-0.15, -0.1) is 0 Å². The van der Waals surface area contributed by atoms with Crippen LogP contribution in [-0.2, 0) is 29.1 Å². The second-order valence-electron chi connectivity index (χ2n) is 8.83. The van der Waals surface area contributed by atoms with Gasteiger partial charge >= 0.3 is 12.2 Å². The van der Waals surface area contributed by atoms with E-state index in [0.717, 1.165) is 16.7 Å². The van der Waals surface area contributed by atoms with Gasteiger partial charge < -0.3 is 25.6 Å². The van der Waals surface area contributed by atoms with E-state index >= 15 is 0 Å². The van der Waals surface area contributed by atoms with Gasteiger partial charge in [0.2, 0.25) is 0 Å². The summed E-state index contributed by atoms with van der Waals surface area (Å²) in [5, 5.41) is 15.4. The van der Waals surface area contributed by atoms with Crippen LogP contribution in [0, 0.1) is 6.92 Å². The summed E-state index contributed by atoms with van der Waals surface area (Å²) in [6.07, 6.45) is -0.950. The molecule has 9 nitrogen and oxygen atoms in total. The maximum Gasteiger partial charge on any atom is 0.412 e. The van der Waals surface area contributed by atoms with Crippen molar-refractivity contribution in [1.29, 1.82) is 0 Å². The fourth-order valence-corrected chi connectivity index (χ4v) is 3.21. The highest BCUT2D eigenvalue weighted by atomic mass is 16.6. The molecule has 0 saturated carbocycles. The number of benzene rings is 2. The SMILES string of the molecule is CN=C(N)[C@@H](Cc1cc(C)c(NC(=O)OC(C)(C)C)cc1CO)NC(=O)OCc1ccccc1. The highest BCUT2D eigenvalue weighted by molar-refractivity contribution is 5.89. The molecule has 5 N–H and O–H groups in total. The number of rotatable bonds is 8. The summed E-state index contributed by atoms with van der Waals surface area (Å²) in [5.74, 6) is 0.217. The molecule has 0 fully saturated rings. The molecule has 2 rings (SSSR count). The number of anilines is 1. The third-order valence-electron chi connectivity index (χ3n) is 4.90. The largest absolute Gasteiger partial charge is 0.445 e. The van der Waals surface area contributed by atoms with Crippen LogP contribution in [0.5, 0.6) is 0 Å². The molecule has 34 heavy (non-hydrogen) atoms. The molecule has 2 aromatic carbocycles. The summed E-state index contributed by atoms with van der Waals surface area (Å²) in [4.78, 5) is 28.6. The van der Waals surface area contributed by atoms with Crippen LogP contribution in [0.2, 0.25) is 0 Å². The van der Waals surface area contributed by atoms with Crippen molar-refractivity contribution in [3.05, 3.63) is 64.7 Å². The highest BCUT2D eigenvalue weighted by Gasteiger charge is 2.21. The lowest BCUT2D eigenvalue weighted by Crippen LogP contribution is -2.46. The number of aliphatic hydroxyl groups is 1. The first-order valence-electron chi connectivity index (χ1n) is 10.9. The molecule has 0 spiro atoms. The second kappa shape index (κ2) is 12.0. The number of aliphatic imine (C=N–C) groups is 1. The molecule has 0 aliphatic heterocycles. The summed E-state index contributed by atoms with van der Waals surface area (Å²) < 4.78 is 10.6. The Labute approximate surface area is 200 Å². The molecule has 0 unspecified atom stereocenters. The first-order valence-corrected chi connectivity index (χ1v) is 10.9. The fourth-order valence-electron chi connectivity index (χ4n) is 3.21. The lowest BCUT2D eigenvalue weighted by molar-refractivity contribution is 0.0635. The number of aliphatic hydroxyl groups excluding tert-OH is 1. The Morgan fingerprint density at radius 2 is 1.79 bits per heavy atom. The number of aryl methyl sites for hydroxylation is 1. The van der Waals surface area contributed by atoms with E-state index < -0.39 is 23.8 Å². The first kappa shape index (κ1) is 26.7. The van der Waals surface area contributed by atoms with E-state index in [-0.39, 0.29) is 25.5 Å². The zero-order valence-corrected chi connectivity index (χ0v) is 20.3. The van der Waals surface area contributed by atoms with Gasteiger partial charge in [0.05, 0.1) is 12.6 Å². The minimum absolute atomic E-state index is 0.120. The zero-order valence-electron chi connectivity index (χ0n) is 20.3. The number of amides is 2. The molecule has 0 radical (unpaired) electrons. The zero-order chi connectivity index (χ0) is 25.3. The van der Waals surface area contributed by atoms with E-state index in [1.54, 1.807) is 26.8 Å². The Morgan fingerprint density at radius 1 is 1.12 bits per heavy atom. The molecule has 0 aliphatic carbocycles. The van der Waals surface area contributed by atoms with E-state index in [0.29, 0.717) is 11.3 Å². The van der Waals surface area contributed by atoms with Crippen molar-refractivity contribution in [2.45, 2.75) is 59.0 Å². The van der Waals surface area contributed by atoms with E-state index in [1.807, 2.05) is 43.3 Å². The van der Waals surface area contributed by atoms with Crippen molar-refractivity contribution in [3.63, 3.8) is 0 Å². The highest BCUT2D eigenvalue weighted by Crippen LogP contribution is 2.24. The Morgan fingerprint density at radius 3 is 2.38 bits per heavy atom. The predicted molar refractivity (Wildman–Crippen MR) is 132 cm³/mol. The summed E-state index contributed by atoms with van der Waals surface area (Å²) >= 11 is 0. The predicted octanol–water partition coefficient (Wildman–Crippen LogP) is 3.66. The number of alkyl carbamates (subject to hydrolysis) is 1. The van der Waals surface area contributed by atoms with Gasteiger partial charge in [0, 0.05) is 19.2 Å². The number of nitrogens with two attached hydrogens (primary N) is 1. The smallest absolute Gasteiger partial charge is 0.412 e. The Balaban J connectivity index is 2.15. The molecule has 0 aliphatic rings. The van der Waals surface area contributed by atoms with Crippen LogP contribution >= 0.6 is 0 Å². The summed E-state index contributed by atoms with van der Waals surface area (Å²) in [7, 11) is 1.53. The standard InChI is InChI=1S/C25H34N4O5/c1-16-11-18(19(14-30)13-20(16)28-24(32)34-25(2,3)4)12-21(22(26)27-5)29-23(31)33-15-17-9-7-6-8-10-17/h6-11,13,21,30H,12,14-15H2,1-5H3,(H2,26,27)(H,28,32)(H,29,31)/t21-/m1/s1. The lowest BCUT2D eigenvalue weighted by Gasteiger charge is -2.22. The van der Waals surface area contributed by atoms with Crippen molar-refractivity contribution in [3.8, 4) is 0 Å². The average molecular weight is 471 g/mol. The van der Waals surface area contributed by atoms with Gasteiger partial charge in [-0.05, 0) is 56.0 Å². The van der Waals surface area contributed by atoms with Crippen LogP contribution < -0.4 is 16.4 Å². The average Bonchev–Trinajstić information content (AvgIpc) is 2.77. The summed E-state index contributed by atoms with van der Waals surface area (Å²) in [6.45, 7) is 7.00. The molecule has 184 valence electrons. The fraction of sp³-hybridized carbons (Fsp3) is 0.400. The number of nitrogens with zero attached hydrogens (tertiary/aromatic N) is 1. The topological polar surface area (TPSA) is 135 Å². The molecule has 0 aromatic heterocycles. The number of hydrogen-bond donors (Lipinski definition) is 4. The molecule has 9 heteroatoms. The number of carbonyl (C=O) groups is 2. The normalized spacial score (nSPS) is 12.6. The van der Waals surface area contributed by atoms with Gasteiger partial charge in [0.15, 0.2) is 0 Å². The van der Waals surface area contributed by atoms with Crippen LogP contribution in [0.1, 0.15) is 43.0 Å². The Bertz CT molecular complexity index is 1020. The first-order chi connectivity index (χ1) is 16.0. The molecule has 0 saturated heterocycles. The second-order valence-corrected chi connectivity index (χ2v) is 8.83. The van der Waals surface area contributed by atoms with Crippen LogP contribution in [0.25, 0.3) is 0 Å². The third kappa shape index (κ3) is 8.40. The van der Waals surface area contributed by atoms with Gasteiger partial charge in [-0.25, -0.2) is 9.59 Å². The van der Waals surface area contributed by atoms with Crippen LogP contribution in [-0.4, -0.2) is 41.8 Å². The molecule has 2 aromatic rings. The van der Waals surface area contributed by atoms with Gasteiger partial charge in [0.1, 0.15) is 18.0 Å². The number of ether oxygens (including phenoxy) is 2. The van der Waals surface area contributed by atoms with Crippen LogP contribution in [0.3, 0.4) is 0 Å². The maximum absolute atomic E-state index is 12.4. The van der Waals surface area contributed by atoms with Crippen molar-refractivity contribution >= 4 is 23.7 Å². The lowest BCUT2D eigenvalue weighted by atomic mass is 9.96. The van der Waals surface area contributed by atoms with Gasteiger partial charge in [-0.3, -0.25) is 10.3 Å². The van der Waals surface area contributed by atoms with Crippen LogP contribution in [0.4, 0.5) is 15.3 Å². The van der Waals surface area contributed by atoms with Gasteiger partial charge in [0.25, 0.3) is 0 Å².